The fourth-order valence-electron chi connectivity index (χ4n) is 2.63. The minimum Gasteiger partial charge on any atom is -0.489 e. The second-order valence-corrected chi connectivity index (χ2v) is 8.34. The molecule has 0 fully saturated rings. The molecule has 0 bridgehead atoms. The molecule has 5 nitrogen and oxygen atoms in total. The zero-order valence-electron chi connectivity index (χ0n) is 15.8. The molecule has 0 aliphatic rings. The highest BCUT2D eigenvalue weighted by Gasteiger charge is 2.17. The first-order valence-corrected chi connectivity index (χ1v) is 10.2. The van der Waals surface area contributed by atoms with Crippen LogP contribution in [0.2, 0.25) is 0 Å². The Balaban J connectivity index is 1.62. The lowest BCUT2D eigenvalue weighted by atomic mass is 10.1. The van der Waals surface area contributed by atoms with Crippen LogP contribution in [0.15, 0.2) is 40.3 Å². The van der Waals surface area contributed by atoms with Gasteiger partial charge in [-0.1, -0.05) is 6.07 Å². The van der Waals surface area contributed by atoms with Crippen LogP contribution in [0.4, 0.5) is 0 Å². The smallest absolute Gasteiger partial charge is 0.264 e. The van der Waals surface area contributed by atoms with Gasteiger partial charge in [-0.2, -0.15) is 5.10 Å². The molecular formula is C20H22BrN3O2S. The second-order valence-electron chi connectivity index (χ2n) is 6.58. The maximum atomic E-state index is 12.7. The Morgan fingerprint density at radius 3 is 2.74 bits per heavy atom. The molecule has 2 aromatic heterocycles. The third kappa shape index (κ3) is 4.59. The molecule has 0 N–H and O–H groups in total. The number of aromatic nitrogens is 2. The van der Waals surface area contributed by atoms with Crippen LogP contribution in [0.3, 0.4) is 0 Å². The van der Waals surface area contributed by atoms with Gasteiger partial charge in [0.05, 0.1) is 27.8 Å². The quantitative estimate of drug-likeness (QED) is 0.549. The van der Waals surface area contributed by atoms with Crippen molar-refractivity contribution < 1.29 is 9.53 Å². The van der Waals surface area contributed by atoms with E-state index >= 15 is 0 Å². The van der Waals surface area contributed by atoms with Crippen molar-refractivity contribution in [2.45, 2.75) is 27.0 Å². The Hall–Kier alpha value is -2.12. The van der Waals surface area contributed by atoms with E-state index in [1.807, 2.05) is 30.6 Å². The Kier molecular flexibility index (Phi) is 6.01. The lowest BCUT2D eigenvalue weighted by Gasteiger charge is -2.16. The number of carbonyl (C=O) groups is 1. The fourth-order valence-corrected chi connectivity index (χ4v) is 4.00. The van der Waals surface area contributed by atoms with Gasteiger partial charge in [0.25, 0.3) is 5.91 Å². The second kappa shape index (κ2) is 8.27. The lowest BCUT2D eigenvalue weighted by Crippen LogP contribution is -2.26. The van der Waals surface area contributed by atoms with Crippen LogP contribution in [0, 0.1) is 13.8 Å². The Morgan fingerprint density at radius 2 is 2.07 bits per heavy atom. The summed E-state index contributed by atoms with van der Waals surface area (Å²) in [6.45, 7) is 5.09. The van der Waals surface area contributed by atoms with Gasteiger partial charge in [0, 0.05) is 19.7 Å². The molecule has 0 aliphatic carbocycles. The normalized spacial score (nSPS) is 10.9. The molecule has 0 atom stereocenters. The molecule has 0 saturated heterocycles. The van der Waals surface area contributed by atoms with E-state index in [2.05, 4.69) is 40.9 Å². The van der Waals surface area contributed by atoms with Gasteiger partial charge in [-0.3, -0.25) is 9.48 Å². The third-order valence-electron chi connectivity index (χ3n) is 4.49. The average molecular weight is 448 g/mol. The van der Waals surface area contributed by atoms with E-state index in [0.717, 1.165) is 21.5 Å². The molecule has 2 heterocycles. The molecule has 1 amide bonds. The number of aryl methyl sites for hydroxylation is 3. The highest BCUT2D eigenvalue weighted by Crippen LogP contribution is 2.22. The van der Waals surface area contributed by atoms with Gasteiger partial charge >= 0.3 is 0 Å². The van der Waals surface area contributed by atoms with Gasteiger partial charge in [0.1, 0.15) is 12.4 Å². The molecule has 3 aromatic rings. The molecule has 142 valence electrons. The Morgan fingerprint density at radius 1 is 1.30 bits per heavy atom. The maximum Gasteiger partial charge on any atom is 0.264 e. The molecule has 0 aliphatic heterocycles. The van der Waals surface area contributed by atoms with Gasteiger partial charge in [-0.25, -0.2) is 0 Å². The summed E-state index contributed by atoms with van der Waals surface area (Å²) in [6, 6.07) is 7.97. The molecule has 0 unspecified atom stereocenters. The zero-order chi connectivity index (χ0) is 19.6. The van der Waals surface area contributed by atoms with Gasteiger partial charge in [0.15, 0.2) is 0 Å². The molecular weight excluding hydrogens is 426 g/mol. The number of halogens is 1. The summed E-state index contributed by atoms with van der Waals surface area (Å²) >= 11 is 4.91. The number of nitrogens with zero attached hydrogens (tertiary/aromatic N) is 3. The van der Waals surface area contributed by atoms with Crippen molar-refractivity contribution in [3.8, 4) is 5.75 Å². The largest absolute Gasteiger partial charge is 0.489 e. The molecule has 0 saturated carbocycles. The topological polar surface area (TPSA) is 47.4 Å². The van der Waals surface area contributed by atoms with E-state index in [1.54, 1.807) is 22.8 Å². The van der Waals surface area contributed by atoms with Crippen molar-refractivity contribution >= 4 is 33.2 Å². The highest BCUT2D eigenvalue weighted by molar-refractivity contribution is 9.10. The van der Waals surface area contributed by atoms with Crippen molar-refractivity contribution in [2.24, 2.45) is 7.05 Å². The predicted molar refractivity (Wildman–Crippen MR) is 111 cm³/mol. The summed E-state index contributed by atoms with van der Waals surface area (Å²) in [5, 5.41) is 6.16. The van der Waals surface area contributed by atoms with E-state index in [1.165, 1.54) is 22.5 Å². The number of hydrogen-bond donors (Lipinski definition) is 0. The number of carbonyl (C=O) groups excluding carboxylic acids is 1. The Labute approximate surface area is 171 Å². The molecule has 1 aromatic carbocycles. The van der Waals surface area contributed by atoms with Crippen LogP contribution < -0.4 is 4.74 Å². The number of rotatable bonds is 6. The van der Waals surface area contributed by atoms with Crippen molar-refractivity contribution in [1.29, 1.82) is 0 Å². The number of hydrogen-bond acceptors (Lipinski definition) is 4. The van der Waals surface area contributed by atoms with Gasteiger partial charge in [-0.15, -0.1) is 11.3 Å². The van der Waals surface area contributed by atoms with Crippen LogP contribution in [0.1, 0.15) is 32.1 Å². The highest BCUT2D eigenvalue weighted by atomic mass is 79.9. The van der Waals surface area contributed by atoms with Gasteiger partial charge in [-0.05, 0) is 64.5 Å². The van der Waals surface area contributed by atoms with Crippen molar-refractivity contribution in [1.82, 2.24) is 14.7 Å². The summed E-state index contributed by atoms with van der Waals surface area (Å²) in [4.78, 5) is 15.1. The molecule has 0 spiro atoms. The number of thiophene rings is 1. The van der Waals surface area contributed by atoms with E-state index < -0.39 is 0 Å². The first-order chi connectivity index (χ1) is 12.8. The summed E-state index contributed by atoms with van der Waals surface area (Å²) in [6.07, 6.45) is 1.74. The maximum absolute atomic E-state index is 12.7. The summed E-state index contributed by atoms with van der Waals surface area (Å²) in [5.41, 5.74) is 4.41. The third-order valence-corrected chi connectivity index (χ3v) is 6.12. The van der Waals surface area contributed by atoms with E-state index in [4.69, 9.17) is 4.74 Å². The van der Waals surface area contributed by atoms with E-state index in [0.29, 0.717) is 18.0 Å². The Bertz CT molecular complexity index is 945. The first-order valence-electron chi connectivity index (χ1n) is 8.54. The van der Waals surface area contributed by atoms with Crippen LogP contribution in [-0.2, 0) is 20.2 Å². The molecule has 27 heavy (non-hydrogen) atoms. The molecule has 0 radical (unpaired) electrons. The lowest BCUT2D eigenvalue weighted by molar-refractivity contribution is 0.0786. The molecule has 3 rings (SSSR count). The predicted octanol–water partition coefficient (Wildman–Crippen LogP) is 4.71. The average Bonchev–Trinajstić information content (AvgIpc) is 3.24. The number of ether oxygens (including phenoxy) is 1. The van der Waals surface area contributed by atoms with Crippen LogP contribution in [0.25, 0.3) is 0 Å². The van der Waals surface area contributed by atoms with E-state index in [-0.39, 0.29) is 5.91 Å². The summed E-state index contributed by atoms with van der Waals surface area (Å²) in [7, 11) is 3.67. The summed E-state index contributed by atoms with van der Waals surface area (Å²) < 4.78 is 8.53. The van der Waals surface area contributed by atoms with Crippen LogP contribution >= 0.6 is 27.3 Å². The van der Waals surface area contributed by atoms with Crippen LogP contribution in [-0.4, -0.2) is 27.6 Å². The summed E-state index contributed by atoms with van der Waals surface area (Å²) in [5.74, 6) is 0.834. The first kappa shape index (κ1) is 19.6. The van der Waals surface area contributed by atoms with Crippen LogP contribution in [0.5, 0.6) is 5.75 Å². The standard InChI is InChI=1S/C20H22BrN3O2S/c1-13-5-6-16(7-14(13)2)26-11-15-8-19(27-12-15)20(25)23(3)10-18-17(21)9-22-24(18)4/h5-9,12H,10-11H2,1-4H3. The van der Waals surface area contributed by atoms with E-state index in [9.17, 15) is 4.79 Å². The van der Waals surface area contributed by atoms with Crippen molar-refractivity contribution in [3.05, 3.63) is 67.6 Å². The SMILES string of the molecule is Cc1ccc(OCc2csc(C(=O)N(C)Cc3c(Br)cnn3C)c2)cc1C. The number of benzene rings is 1. The minimum absolute atomic E-state index is 0.00877. The van der Waals surface area contributed by atoms with Gasteiger partial charge < -0.3 is 9.64 Å². The zero-order valence-corrected chi connectivity index (χ0v) is 18.2. The minimum atomic E-state index is -0.00877. The fraction of sp³-hybridized carbons (Fsp3) is 0.300. The molecule has 7 heteroatoms. The number of amides is 1. The van der Waals surface area contributed by atoms with Crippen molar-refractivity contribution in [2.75, 3.05) is 7.05 Å². The van der Waals surface area contributed by atoms with Crippen molar-refractivity contribution in [3.63, 3.8) is 0 Å². The van der Waals surface area contributed by atoms with Gasteiger partial charge in [0.2, 0.25) is 0 Å². The monoisotopic (exact) mass is 447 g/mol.